The van der Waals surface area contributed by atoms with Gasteiger partial charge in [0.15, 0.2) is 5.69 Å². The van der Waals surface area contributed by atoms with E-state index < -0.39 is 0 Å². The van der Waals surface area contributed by atoms with Crippen molar-refractivity contribution in [3.8, 4) is 0 Å². The Labute approximate surface area is 121 Å². The zero-order chi connectivity index (χ0) is 15.0. The highest BCUT2D eigenvalue weighted by atomic mass is 16.5. The zero-order valence-electron chi connectivity index (χ0n) is 12.2. The number of amides is 1. The van der Waals surface area contributed by atoms with Crippen molar-refractivity contribution in [3.05, 3.63) is 47.1 Å². The summed E-state index contributed by atoms with van der Waals surface area (Å²) in [5.41, 5.74) is 4.60. The third-order valence-corrected chi connectivity index (χ3v) is 3.54. The maximum Gasteiger partial charge on any atom is 0.276 e. The molecule has 21 heavy (non-hydrogen) atoms. The molecule has 0 fully saturated rings. The van der Waals surface area contributed by atoms with Gasteiger partial charge in [0.1, 0.15) is 12.1 Å². The van der Waals surface area contributed by atoms with E-state index in [9.17, 15) is 4.79 Å². The van der Waals surface area contributed by atoms with Crippen LogP contribution in [-0.2, 0) is 6.54 Å². The number of nitrogens with one attached hydrogen (secondary N) is 1. The maximum absolute atomic E-state index is 12.1. The molecule has 2 aromatic heterocycles. The first kappa shape index (κ1) is 13.4. The van der Waals surface area contributed by atoms with Crippen molar-refractivity contribution in [2.24, 2.45) is 0 Å². The Bertz CT molecular complexity index is 750. The number of carbonyl (C=O) groups excluding carboxylic acids is 1. The van der Waals surface area contributed by atoms with Crippen LogP contribution in [0.15, 0.2) is 29.0 Å². The molecule has 3 rings (SSSR count). The van der Waals surface area contributed by atoms with Crippen LogP contribution in [0.25, 0.3) is 11.0 Å². The summed E-state index contributed by atoms with van der Waals surface area (Å²) >= 11 is 0. The molecule has 1 N–H and O–H groups in total. The minimum Gasteiger partial charge on any atom is -0.364 e. The van der Waals surface area contributed by atoms with E-state index in [0.29, 0.717) is 12.2 Å². The van der Waals surface area contributed by atoms with Gasteiger partial charge < -0.3 is 14.4 Å². The van der Waals surface area contributed by atoms with Gasteiger partial charge in [-0.3, -0.25) is 4.79 Å². The summed E-state index contributed by atoms with van der Waals surface area (Å²) in [4.78, 5) is 21.4. The monoisotopic (exact) mass is 284 g/mol. The van der Waals surface area contributed by atoms with Gasteiger partial charge >= 0.3 is 0 Å². The number of imidazole rings is 1. The standard InChI is InChI=1S/C15H16N4O2/c1-9-6-12-13(7-10(9)2)17-14(16-12)8-19(3)15(20)11-4-5-21-18-11/h4-7H,8H2,1-3H3,(H,16,17). The normalized spacial score (nSPS) is 11.0. The van der Waals surface area contributed by atoms with E-state index in [1.54, 1.807) is 18.0 Å². The molecule has 0 spiro atoms. The second kappa shape index (κ2) is 5.05. The van der Waals surface area contributed by atoms with E-state index in [1.807, 2.05) is 6.07 Å². The largest absolute Gasteiger partial charge is 0.364 e. The fourth-order valence-corrected chi connectivity index (χ4v) is 2.21. The predicted molar refractivity (Wildman–Crippen MR) is 77.9 cm³/mol. The fourth-order valence-electron chi connectivity index (χ4n) is 2.21. The molecule has 108 valence electrons. The lowest BCUT2D eigenvalue weighted by Gasteiger charge is -2.13. The quantitative estimate of drug-likeness (QED) is 0.801. The molecule has 1 aromatic carbocycles. The summed E-state index contributed by atoms with van der Waals surface area (Å²) in [5.74, 6) is 0.547. The van der Waals surface area contributed by atoms with Crippen molar-refractivity contribution in [3.63, 3.8) is 0 Å². The van der Waals surface area contributed by atoms with Crippen molar-refractivity contribution in [1.29, 1.82) is 0 Å². The third-order valence-electron chi connectivity index (χ3n) is 3.54. The van der Waals surface area contributed by atoms with Crippen molar-refractivity contribution >= 4 is 16.9 Å². The third kappa shape index (κ3) is 2.52. The average Bonchev–Trinajstić information content (AvgIpc) is 3.07. The molecule has 0 saturated carbocycles. The summed E-state index contributed by atoms with van der Waals surface area (Å²) < 4.78 is 4.69. The molecule has 1 amide bonds. The van der Waals surface area contributed by atoms with Crippen molar-refractivity contribution in [2.75, 3.05) is 7.05 Å². The van der Waals surface area contributed by atoms with Gasteiger partial charge in [-0.05, 0) is 37.1 Å². The molecule has 0 atom stereocenters. The highest BCUT2D eigenvalue weighted by Crippen LogP contribution is 2.18. The molecule has 0 aliphatic heterocycles. The minimum absolute atomic E-state index is 0.198. The van der Waals surface area contributed by atoms with Gasteiger partial charge in [0, 0.05) is 13.1 Å². The van der Waals surface area contributed by atoms with Gasteiger partial charge in [0.2, 0.25) is 0 Å². The molecular formula is C15H16N4O2. The highest BCUT2D eigenvalue weighted by Gasteiger charge is 2.16. The maximum atomic E-state index is 12.1. The summed E-state index contributed by atoms with van der Waals surface area (Å²) in [6, 6.07) is 5.66. The number of rotatable bonds is 3. The first-order valence-electron chi connectivity index (χ1n) is 6.66. The molecule has 6 heteroatoms. The summed E-state index contributed by atoms with van der Waals surface area (Å²) in [6.07, 6.45) is 1.38. The first-order chi connectivity index (χ1) is 10.0. The van der Waals surface area contributed by atoms with E-state index in [4.69, 9.17) is 0 Å². The number of H-pyrrole nitrogens is 1. The summed E-state index contributed by atoms with van der Waals surface area (Å²) in [7, 11) is 1.71. The highest BCUT2D eigenvalue weighted by molar-refractivity contribution is 5.91. The van der Waals surface area contributed by atoms with Crippen molar-refractivity contribution < 1.29 is 9.32 Å². The average molecular weight is 284 g/mol. The van der Waals surface area contributed by atoms with E-state index in [0.717, 1.165) is 16.9 Å². The molecule has 0 saturated heterocycles. The molecule has 0 unspecified atom stereocenters. The lowest BCUT2D eigenvalue weighted by atomic mass is 10.1. The number of hydrogen-bond acceptors (Lipinski definition) is 4. The van der Waals surface area contributed by atoms with E-state index in [-0.39, 0.29) is 5.91 Å². The van der Waals surface area contributed by atoms with Crippen LogP contribution in [0, 0.1) is 13.8 Å². The lowest BCUT2D eigenvalue weighted by molar-refractivity contribution is 0.0771. The number of aryl methyl sites for hydroxylation is 2. The van der Waals surface area contributed by atoms with Gasteiger partial charge in [-0.2, -0.15) is 0 Å². The molecule has 0 aliphatic carbocycles. The summed E-state index contributed by atoms with van der Waals surface area (Å²) in [6.45, 7) is 4.51. The Morgan fingerprint density at radius 2 is 2.10 bits per heavy atom. The topological polar surface area (TPSA) is 75.0 Å². The van der Waals surface area contributed by atoms with Crippen LogP contribution in [0.2, 0.25) is 0 Å². The first-order valence-corrected chi connectivity index (χ1v) is 6.66. The van der Waals surface area contributed by atoms with Crippen LogP contribution < -0.4 is 0 Å². The Kier molecular flexibility index (Phi) is 3.21. The van der Waals surface area contributed by atoms with Gasteiger partial charge in [0.05, 0.1) is 17.6 Å². The number of hydrogen-bond donors (Lipinski definition) is 1. The van der Waals surface area contributed by atoms with E-state index >= 15 is 0 Å². The van der Waals surface area contributed by atoms with Crippen LogP contribution in [0.4, 0.5) is 0 Å². The Hall–Kier alpha value is -2.63. The van der Waals surface area contributed by atoms with Crippen LogP contribution in [0.5, 0.6) is 0 Å². The van der Waals surface area contributed by atoms with Crippen molar-refractivity contribution in [2.45, 2.75) is 20.4 Å². The van der Waals surface area contributed by atoms with Crippen LogP contribution in [0.3, 0.4) is 0 Å². The van der Waals surface area contributed by atoms with Gasteiger partial charge in [-0.25, -0.2) is 4.98 Å². The number of benzene rings is 1. The molecule has 2 heterocycles. The Morgan fingerprint density at radius 3 is 2.81 bits per heavy atom. The number of aromatic amines is 1. The van der Waals surface area contributed by atoms with Crippen LogP contribution >= 0.6 is 0 Å². The minimum atomic E-state index is -0.198. The number of carbonyl (C=O) groups is 1. The van der Waals surface area contributed by atoms with Gasteiger partial charge in [-0.1, -0.05) is 5.16 Å². The van der Waals surface area contributed by atoms with E-state index in [1.165, 1.54) is 17.4 Å². The Morgan fingerprint density at radius 1 is 1.33 bits per heavy atom. The molecule has 0 radical (unpaired) electrons. The fraction of sp³-hybridized carbons (Fsp3) is 0.267. The van der Waals surface area contributed by atoms with E-state index in [2.05, 4.69) is 39.6 Å². The second-order valence-corrected chi connectivity index (χ2v) is 5.18. The molecule has 0 aliphatic rings. The molecular weight excluding hydrogens is 268 g/mol. The van der Waals surface area contributed by atoms with Gasteiger partial charge in [0.25, 0.3) is 5.91 Å². The van der Waals surface area contributed by atoms with Gasteiger partial charge in [-0.15, -0.1) is 0 Å². The smallest absolute Gasteiger partial charge is 0.276 e. The number of fused-ring (bicyclic) bond motifs is 1. The number of aromatic nitrogens is 3. The zero-order valence-corrected chi connectivity index (χ0v) is 12.2. The SMILES string of the molecule is Cc1cc2nc(CN(C)C(=O)c3ccon3)[nH]c2cc1C. The molecule has 6 nitrogen and oxygen atoms in total. The molecule has 3 aromatic rings. The van der Waals surface area contributed by atoms with Crippen LogP contribution in [-0.4, -0.2) is 33.0 Å². The Balaban J connectivity index is 1.83. The van der Waals surface area contributed by atoms with Crippen molar-refractivity contribution in [1.82, 2.24) is 20.0 Å². The summed E-state index contributed by atoms with van der Waals surface area (Å²) in [5, 5.41) is 3.65. The molecule has 0 bridgehead atoms. The lowest BCUT2D eigenvalue weighted by Crippen LogP contribution is -2.26. The van der Waals surface area contributed by atoms with Crippen LogP contribution in [0.1, 0.15) is 27.4 Å². The number of nitrogens with zero attached hydrogens (tertiary/aromatic N) is 3. The second-order valence-electron chi connectivity index (χ2n) is 5.18. The predicted octanol–water partition coefficient (Wildman–Crippen LogP) is 2.44.